The van der Waals surface area contributed by atoms with E-state index in [0.717, 1.165) is 27.1 Å². The highest BCUT2D eigenvalue weighted by atomic mass is 32.1. The molecule has 0 unspecified atom stereocenters. The number of methoxy groups -OCH3 is 1. The Morgan fingerprint density at radius 2 is 1.33 bits per heavy atom. The third kappa shape index (κ3) is 5.09. The van der Waals surface area contributed by atoms with Gasteiger partial charge in [0.15, 0.2) is 0 Å². The van der Waals surface area contributed by atoms with Crippen LogP contribution < -0.4 is 20.6 Å². The van der Waals surface area contributed by atoms with Crippen LogP contribution in [0.4, 0.5) is 0 Å². The van der Waals surface area contributed by atoms with E-state index in [2.05, 4.69) is 11.0 Å². The van der Waals surface area contributed by atoms with E-state index in [1.807, 2.05) is 62.6 Å². The Hall–Kier alpha value is -3.40. The topological polar surface area (TPSA) is 65.7 Å². The molecule has 0 spiro atoms. The molecule has 0 aliphatic rings. The van der Waals surface area contributed by atoms with Gasteiger partial charge in [0, 0.05) is 6.54 Å². The predicted octanol–water partition coefficient (Wildman–Crippen LogP) is 4.49. The summed E-state index contributed by atoms with van der Waals surface area (Å²) >= 11 is 2.89. The van der Waals surface area contributed by atoms with Gasteiger partial charge in [0.25, 0.3) is 11.1 Å². The molecule has 0 N–H and O–H groups in total. The Kier molecular flexibility index (Phi) is 6.95. The van der Waals surface area contributed by atoms with E-state index >= 15 is 0 Å². The second-order valence-electron chi connectivity index (χ2n) is 8.86. The Balaban J connectivity index is 1.35. The highest BCUT2D eigenvalue weighted by molar-refractivity contribution is 7.14. The molecule has 0 saturated heterocycles. The SMILES string of the molecule is COc1ccc2sn(Cc3cccc(Cn4sc5ccc(OCCN(C)C)cc5c4=O)c3)c(=O)c2c1. The molecule has 0 aliphatic carbocycles. The van der Waals surface area contributed by atoms with Crippen molar-refractivity contribution in [1.29, 1.82) is 0 Å². The average Bonchev–Trinajstić information content (AvgIpc) is 3.34. The molecule has 5 aromatic rings. The molecular formula is C27H27N3O4S2. The van der Waals surface area contributed by atoms with Crippen LogP contribution in [0.25, 0.3) is 20.2 Å². The molecule has 9 heteroatoms. The van der Waals surface area contributed by atoms with Crippen molar-refractivity contribution in [3.8, 4) is 11.5 Å². The predicted molar refractivity (Wildman–Crippen MR) is 147 cm³/mol. The quantitative estimate of drug-likeness (QED) is 0.286. The molecule has 2 heterocycles. The normalized spacial score (nSPS) is 11.6. The van der Waals surface area contributed by atoms with Crippen LogP contribution >= 0.6 is 23.1 Å². The Bertz CT molecular complexity index is 1640. The third-order valence-electron chi connectivity index (χ3n) is 5.92. The van der Waals surface area contributed by atoms with Gasteiger partial charge in [0.1, 0.15) is 18.1 Å². The number of likely N-dealkylation sites (N-methyl/N-ethyl adjacent to an activating group) is 1. The van der Waals surface area contributed by atoms with Crippen molar-refractivity contribution in [1.82, 2.24) is 12.8 Å². The highest BCUT2D eigenvalue weighted by Gasteiger charge is 2.12. The molecule has 0 atom stereocenters. The van der Waals surface area contributed by atoms with Crippen molar-refractivity contribution in [2.45, 2.75) is 13.1 Å². The first-order chi connectivity index (χ1) is 17.4. The Morgan fingerprint density at radius 1 is 0.778 bits per heavy atom. The molecule has 2 aromatic heterocycles. The maximum absolute atomic E-state index is 13.1. The molecule has 186 valence electrons. The van der Waals surface area contributed by atoms with E-state index in [1.54, 1.807) is 21.1 Å². The summed E-state index contributed by atoms with van der Waals surface area (Å²) in [4.78, 5) is 28.1. The Morgan fingerprint density at radius 3 is 1.89 bits per heavy atom. The van der Waals surface area contributed by atoms with Crippen molar-refractivity contribution in [3.63, 3.8) is 0 Å². The average molecular weight is 522 g/mol. The van der Waals surface area contributed by atoms with E-state index in [9.17, 15) is 9.59 Å². The Labute approximate surface area is 216 Å². The van der Waals surface area contributed by atoms with Crippen LogP contribution in [0, 0.1) is 0 Å². The molecule has 0 aliphatic heterocycles. The van der Waals surface area contributed by atoms with Crippen molar-refractivity contribution >= 4 is 43.2 Å². The second kappa shape index (κ2) is 10.3. The minimum absolute atomic E-state index is 0.0202. The fraction of sp³-hybridized carbons (Fsp3) is 0.259. The lowest BCUT2D eigenvalue weighted by atomic mass is 10.1. The van der Waals surface area contributed by atoms with Gasteiger partial charge in [-0.3, -0.25) is 17.5 Å². The maximum atomic E-state index is 13.1. The first-order valence-electron chi connectivity index (χ1n) is 11.6. The van der Waals surface area contributed by atoms with Gasteiger partial charge in [0.2, 0.25) is 0 Å². The lowest BCUT2D eigenvalue weighted by molar-refractivity contribution is 0.261. The molecule has 3 aromatic carbocycles. The van der Waals surface area contributed by atoms with E-state index in [-0.39, 0.29) is 11.1 Å². The highest BCUT2D eigenvalue weighted by Crippen LogP contribution is 2.24. The lowest BCUT2D eigenvalue weighted by Crippen LogP contribution is -2.19. The molecule has 36 heavy (non-hydrogen) atoms. The van der Waals surface area contributed by atoms with Crippen molar-refractivity contribution in [2.24, 2.45) is 0 Å². The largest absolute Gasteiger partial charge is 0.497 e. The first kappa shape index (κ1) is 24.3. The van der Waals surface area contributed by atoms with E-state index in [1.165, 1.54) is 23.1 Å². The zero-order chi connectivity index (χ0) is 25.2. The van der Waals surface area contributed by atoms with Gasteiger partial charge in [-0.2, -0.15) is 0 Å². The molecule has 0 amide bonds. The molecule has 0 bridgehead atoms. The van der Waals surface area contributed by atoms with Crippen molar-refractivity contribution in [2.75, 3.05) is 34.4 Å². The van der Waals surface area contributed by atoms with Gasteiger partial charge in [-0.15, -0.1) is 0 Å². The lowest BCUT2D eigenvalue weighted by Gasteiger charge is -2.10. The molecule has 0 radical (unpaired) electrons. The van der Waals surface area contributed by atoms with Crippen LogP contribution in [0.2, 0.25) is 0 Å². The minimum Gasteiger partial charge on any atom is -0.497 e. The van der Waals surface area contributed by atoms with Gasteiger partial charge in [-0.05, 0) is 61.6 Å². The summed E-state index contributed by atoms with van der Waals surface area (Å²) in [6, 6.07) is 19.3. The molecular weight excluding hydrogens is 494 g/mol. The maximum Gasteiger partial charge on any atom is 0.268 e. The summed E-state index contributed by atoms with van der Waals surface area (Å²) in [7, 11) is 5.59. The van der Waals surface area contributed by atoms with Crippen LogP contribution in [-0.2, 0) is 13.1 Å². The summed E-state index contributed by atoms with van der Waals surface area (Å²) in [5.74, 6) is 1.38. The van der Waals surface area contributed by atoms with Crippen molar-refractivity contribution in [3.05, 3.63) is 92.5 Å². The fourth-order valence-electron chi connectivity index (χ4n) is 4.03. The summed E-state index contributed by atoms with van der Waals surface area (Å²) < 4.78 is 16.5. The van der Waals surface area contributed by atoms with Crippen molar-refractivity contribution < 1.29 is 9.47 Å². The van der Waals surface area contributed by atoms with E-state index in [4.69, 9.17) is 9.47 Å². The van der Waals surface area contributed by atoms with E-state index in [0.29, 0.717) is 42.0 Å². The van der Waals surface area contributed by atoms with Crippen LogP contribution in [-0.4, -0.2) is 47.2 Å². The number of hydrogen-bond acceptors (Lipinski definition) is 7. The molecule has 7 nitrogen and oxygen atoms in total. The number of aromatic nitrogens is 2. The zero-order valence-electron chi connectivity index (χ0n) is 20.4. The smallest absolute Gasteiger partial charge is 0.268 e. The number of hydrogen-bond donors (Lipinski definition) is 0. The third-order valence-corrected chi connectivity index (χ3v) is 8.06. The summed E-state index contributed by atoms with van der Waals surface area (Å²) in [6.07, 6.45) is 0. The zero-order valence-corrected chi connectivity index (χ0v) is 22.0. The number of benzene rings is 3. The standard InChI is InChI=1S/C27H27N3O4S2/c1-28(2)11-12-34-21-8-10-25-23(15-21)27(32)30(36-25)17-19-6-4-5-18(13-19)16-29-26(31)22-14-20(33-3)7-9-24(22)35-29/h4-10,13-15H,11-12,16-17H2,1-3H3. The van der Waals surface area contributed by atoms with Crippen LogP contribution in [0.3, 0.4) is 0 Å². The number of rotatable bonds is 9. The fourth-order valence-corrected chi connectivity index (χ4v) is 6.04. The first-order valence-corrected chi connectivity index (χ1v) is 13.1. The molecule has 0 fully saturated rings. The summed E-state index contributed by atoms with van der Waals surface area (Å²) in [6.45, 7) is 2.33. The number of nitrogens with zero attached hydrogens (tertiary/aromatic N) is 3. The van der Waals surface area contributed by atoms with Crippen LogP contribution in [0.15, 0.2) is 70.3 Å². The molecule has 0 saturated carbocycles. The monoisotopic (exact) mass is 521 g/mol. The van der Waals surface area contributed by atoms with Gasteiger partial charge in [0.05, 0.1) is 40.4 Å². The number of ether oxygens (including phenoxy) is 2. The van der Waals surface area contributed by atoms with Gasteiger partial charge in [-0.25, -0.2) is 0 Å². The minimum atomic E-state index is -0.0244. The van der Waals surface area contributed by atoms with E-state index < -0.39 is 0 Å². The van der Waals surface area contributed by atoms with Crippen LogP contribution in [0.5, 0.6) is 11.5 Å². The van der Waals surface area contributed by atoms with Crippen LogP contribution in [0.1, 0.15) is 11.1 Å². The second-order valence-corrected chi connectivity index (χ2v) is 11.0. The number of fused-ring (bicyclic) bond motifs is 2. The summed E-state index contributed by atoms with van der Waals surface area (Å²) in [5.41, 5.74) is 1.98. The molecule has 5 rings (SSSR count). The van der Waals surface area contributed by atoms with Gasteiger partial charge < -0.3 is 14.4 Å². The van der Waals surface area contributed by atoms with Gasteiger partial charge in [-0.1, -0.05) is 47.3 Å². The van der Waals surface area contributed by atoms with Gasteiger partial charge >= 0.3 is 0 Å². The summed E-state index contributed by atoms with van der Waals surface area (Å²) in [5, 5.41) is 1.34.